The Morgan fingerprint density at radius 2 is 2.55 bits per heavy atom. The summed E-state index contributed by atoms with van der Waals surface area (Å²) >= 11 is 0. The minimum absolute atomic E-state index is 0.319. The molecule has 5 heteroatoms. The van der Waals surface area contributed by atoms with Crippen molar-refractivity contribution in [3.63, 3.8) is 0 Å². The van der Waals surface area contributed by atoms with Crippen LogP contribution >= 0.6 is 7.94 Å². The van der Waals surface area contributed by atoms with Crippen LogP contribution in [0.3, 0.4) is 0 Å². The van der Waals surface area contributed by atoms with Crippen LogP contribution in [0.15, 0.2) is 24.7 Å². The van der Waals surface area contributed by atoms with Gasteiger partial charge in [-0.1, -0.05) is 0 Å². The van der Waals surface area contributed by atoms with E-state index in [0.717, 1.165) is 0 Å². The third-order valence-electron chi connectivity index (χ3n) is 1.13. The van der Waals surface area contributed by atoms with Gasteiger partial charge in [-0.3, -0.25) is 0 Å². The van der Waals surface area contributed by atoms with Crippen molar-refractivity contribution in [1.82, 2.24) is 0 Å². The first-order chi connectivity index (χ1) is 5.20. The van der Waals surface area contributed by atoms with Gasteiger partial charge in [0.2, 0.25) is 0 Å². The maximum atomic E-state index is 10.2. The molecule has 0 unspecified atom stereocenters. The number of carbonyl (C=O) groups is 1. The minimum atomic E-state index is -3.48. The Hall–Kier alpha value is -0.860. The Morgan fingerprint density at radius 3 is 3.00 bits per heavy atom. The summed E-state index contributed by atoms with van der Waals surface area (Å²) in [5.41, 5.74) is 0. The zero-order valence-corrected chi connectivity index (χ0v) is 6.82. The Balaban J connectivity index is 2.54. The van der Waals surface area contributed by atoms with Crippen molar-refractivity contribution in [2.75, 3.05) is 0 Å². The van der Waals surface area contributed by atoms with Gasteiger partial charge in [-0.05, 0) is 0 Å². The van der Waals surface area contributed by atoms with E-state index in [-0.39, 0.29) is 0 Å². The molecule has 11 heavy (non-hydrogen) atoms. The second-order valence-electron chi connectivity index (χ2n) is 2.05. The van der Waals surface area contributed by atoms with Crippen molar-refractivity contribution in [2.24, 2.45) is 0 Å². The van der Waals surface area contributed by atoms with Crippen LogP contribution in [-0.4, -0.2) is 10.9 Å². The number of hydrogen-bond acceptors (Lipinski definition) is 4. The molecule has 0 aromatic heterocycles. The number of allylic oxidation sites excluding steroid dienone is 1. The summed E-state index contributed by atoms with van der Waals surface area (Å²) in [6.45, 7) is 3.47. The normalized spacial score (nSPS) is 22.5. The Morgan fingerprint density at radius 1 is 1.82 bits per heavy atom. The van der Waals surface area contributed by atoms with Crippen molar-refractivity contribution < 1.29 is 18.7 Å². The second kappa shape index (κ2) is 3.03. The first kappa shape index (κ1) is 8.24. The van der Waals surface area contributed by atoms with Crippen LogP contribution in [0, 0.1) is 0 Å². The van der Waals surface area contributed by atoms with E-state index < -0.39 is 7.94 Å². The number of rotatable bonds is 3. The van der Waals surface area contributed by atoms with Gasteiger partial charge < -0.3 is 0 Å². The Labute approximate surface area is 64.7 Å². The first-order valence-corrected chi connectivity index (χ1v) is 4.90. The number of carbonyl (C=O) groups excluding carboxylic acids is 1. The standard InChI is InChI=1S/C6H9O4P/c1-2-3-6-4-9-11(8,5-7)10-6/h2,4-5,8,11H,1,3H2. The molecular weight excluding hydrogens is 167 g/mol. The quantitative estimate of drug-likeness (QED) is 0.397. The van der Waals surface area contributed by atoms with Crippen molar-refractivity contribution in [1.29, 1.82) is 0 Å². The van der Waals surface area contributed by atoms with Gasteiger partial charge in [-0.25, -0.2) is 0 Å². The third kappa shape index (κ3) is 1.79. The van der Waals surface area contributed by atoms with Gasteiger partial charge in [0, 0.05) is 0 Å². The molecule has 1 heterocycles. The number of hydrogen-bond donors (Lipinski definition) is 1. The molecule has 0 amide bonds. The third-order valence-corrected chi connectivity index (χ3v) is 2.44. The van der Waals surface area contributed by atoms with Crippen molar-refractivity contribution in [3.05, 3.63) is 24.7 Å². The molecule has 0 spiro atoms. The monoisotopic (exact) mass is 176 g/mol. The van der Waals surface area contributed by atoms with Gasteiger partial charge in [0.15, 0.2) is 0 Å². The zero-order valence-electron chi connectivity index (χ0n) is 5.82. The molecule has 1 aliphatic heterocycles. The van der Waals surface area contributed by atoms with Gasteiger partial charge in [-0.15, -0.1) is 0 Å². The molecule has 0 radical (unpaired) electrons. The molecule has 0 bridgehead atoms. The summed E-state index contributed by atoms with van der Waals surface area (Å²) in [6, 6.07) is 0.319. The van der Waals surface area contributed by atoms with Gasteiger partial charge in [0.05, 0.1) is 0 Å². The van der Waals surface area contributed by atoms with E-state index in [9.17, 15) is 4.79 Å². The van der Waals surface area contributed by atoms with Crippen LogP contribution in [0.4, 0.5) is 0 Å². The van der Waals surface area contributed by atoms with Crippen LogP contribution in [0.1, 0.15) is 6.42 Å². The van der Waals surface area contributed by atoms with E-state index in [2.05, 4.69) is 11.1 Å². The van der Waals surface area contributed by atoms with Gasteiger partial charge in [-0.2, -0.15) is 0 Å². The fourth-order valence-corrected chi connectivity index (χ4v) is 1.63. The first-order valence-electron chi connectivity index (χ1n) is 3.05. The topological polar surface area (TPSA) is 55.8 Å². The fourth-order valence-electron chi connectivity index (χ4n) is 0.670. The Bertz CT molecular complexity index is 213. The molecule has 1 rings (SSSR count). The summed E-state index contributed by atoms with van der Waals surface area (Å²) in [5, 5.41) is 0. The van der Waals surface area contributed by atoms with Crippen LogP contribution in [-0.2, 0) is 13.8 Å². The van der Waals surface area contributed by atoms with E-state index in [1.54, 1.807) is 6.08 Å². The predicted octanol–water partition coefficient (Wildman–Crippen LogP) is 1.13. The molecule has 0 aliphatic carbocycles. The van der Waals surface area contributed by atoms with Gasteiger partial charge >= 0.3 is 63.8 Å². The zero-order chi connectivity index (χ0) is 8.32. The SMILES string of the molecule is C=CCC1=CO[PH](O)(C=O)O1. The van der Waals surface area contributed by atoms with Crippen LogP contribution < -0.4 is 0 Å². The molecule has 1 aliphatic rings. The van der Waals surface area contributed by atoms with Crippen LogP contribution in [0.2, 0.25) is 0 Å². The van der Waals surface area contributed by atoms with Crippen LogP contribution in [0.25, 0.3) is 0 Å². The molecule has 0 aromatic carbocycles. The summed E-state index contributed by atoms with van der Waals surface area (Å²) in [5.74, 6) is 0.446. The molecule has 0 atom stereocenters. The summed E-state index contributed by atoms with van der Waals surface area (Å²) in [4.78, 5) is 19.3. The molecular formula is C6H9O4P. The molecule has 0 saturated heterocycles. The van der Waals surface area contributed by atoms with Gasteiger partial charge in [0.1, 0.15) is 0 Å². The molecule has 0 fully saturated rings. The average Bonchev–Trinajstić information content (AvgIpc) is 2.35. The Kier molecular flexibility index (Phi) is 2.27. The van der Waals surface area contributed by atoms with Gasteiger partial charge in [0.25, 0.3) is 0 Å². The molecule has 0 saturated carbocycles. The van der Waals surface area contributed by atoms with Crippen molar-refractivity contribution >= 4 is 14.0 Å². The fraction of sp³-hybridized carbons (Fsp3) is 0.167. The second-order valence-corrected chi connectivity index (χ2v) is 3.98. The van der Waals surface area contributed by atoms with Crippen molar-refractivity contribution in [3.8, 4) is 0 Å². The summed E-state index contributed by atoms with van der Waals surface area (Å²) in [6.07, 6.45) is 3.31. The van der Waals surface area contributed by atoms with E-state index in [1.165, 1.54) is 6.26 Å². The average molecular weight is 176 g/mol. The van der Waals surface area contributed by atoms with E-state index in [4.69, 9.17) is 9.42 Å². The molecule has 4 nitrogen and oxygen atoms in total. The van der Waals surface area contributed by atoms with E-state index in [0.29, 0.717) is 18.2 Å². The predicted molar refractivity (Wildman–Crippen MR) is 42.4 cm³/mol. The summed E-state index contributed by atoms with van der Waals surface area (Å²) in [7, 11) is -3.48. The maximum absolute atomic E-state index is 10.2. The van der Waals surface area contributed by atoms with Crippen LogP contribution in [0.5, 0.6) is 0 Å². The molecule has 0 aromatic rings. The molecule has 1 N–H and O–H groups in total. The molecule has 62 valence electrons. The van der Waals surface area contributed by atoms with Crippen molar-refractivity contribution in [2.45, 2.75) is 6.42 Å². The van der Waals surface area contributed by atoms with E-state index >= 15 is 0 Å². The summed E-state index contributed by atoms with van der Waals surface area (Å²) < 4.78 is 9.48. The van der Waals surface area contributed by atoms with E-state index in [1.807, 2.05) is 0 Å².